The highest BCUT2D eigenvalue weighted by Crippen LogP contribution is 1.70. The van der Waals surface area contributed by atoms with E-state index in [1.54, 1.807) is 0 Å². The molecule has 0 heterocycles. The Morgan fingerprint density at radius 2 is 2.00 bits per heavy atom. The highest BCUT2D eigenvalue weighted by Gasteiger charge is 1.54. The summed E-state index contributed by atoms with van der Waals surface area (Å²) >= 11 is 4.88. The van der Waals surface area contributed by atoms with E-state index in [4.69, 9.17) is 18.5 Å². The van der Waals surface area contributed by atoms with Crippen molar-refractivity contribution in [2.24, 2.45) is 0 Å². The molecular formula is C3H3Cl+. The van der Waals surface area contributed by atoms with Crippen LogP contribution in [0.15, 0.2) is 11.6 Å². The summed E-state index contributed by atoms with van der Waals surface area (Å²) in [5.41, 5.74) is 1.25. The van der Waals surface area contributed by atoms with Crippen molar-refractivity contribution in [2.45, 2.75) is 0 Å². The monoisotopic (exact) mass is 74.0 g/mol. The van der Waals surface area contributed by atoms with E-state index in [0.717, 1.165) is 0 Å². The Balaban J connectivity index is 2.55. The number of allylic oxidation sites excluding steroid dienone is 1. The van der Waals surface area contributed by atoms with Gasteiger partial charge in [-0.05, 0) is 0 Å². The average Bonchev–Trinajstić information content (AvgIpc) is 1.37. The Morgan fingerprint density at radius 3 is 2.00 bits per heavy atom. The third-order valence-corrected chi connectivity index (χ3v) is 0.218. The van der Waals surface area contributed by atoms with Gasteiger partial charge >= 0.3 is 0 Å². The molecule has 0 nitrogen and oxygen atoms in total. The maximum atomic E-state index is 4.88. The van der Waals surface area contributed by atoms with Gasteiger partial charge in [0, 0.05) is 11.6 Å². The highest BCUT2D eigenvalue weighted by molar-refractivity contribution is 6.25. The van der Waals surface area contributed by atoms with Gasteiger partial charge in [0.2, 0.25) is 0 Å². The van der Waals surface area contributed by atoms with Crippen LogP contribution in [0.3, 0.4) is 0 Å². The fourth-order valence-electron chi connectivity index (χ4n) is 0. The van der Waals surface area contributed by atoms with E-state index in [2.05, 4.69) is 0 Å². The maximum Gasteiger partial charge on any atom is 0.149 e. The second-order valence-corrected chi connectivity index (χ2v) is 0.570. The van der Waals surface area contributed by atoms with Crippen LogP contribution in [-0.4, -0.2) is 0 Å². The minimum absolute atomic E-state index is 1.25. The van der Waals surface area contributed by atoms with Crippen LogP contribution in [0, 0.1) is 6.92 Å². The molecule has 0 aliphatic carbocycles. The van der Waals surface area contributed by atoms with Gasteiger partial charge in [-0.1, -0.05) is 0 Å². The standard InChI is InChI=1S/C3H3Cl/c1-2-3-4/h1-3H/q+1/b3-2+. The number of halogens is 1. The molecule has 1 heteroatoms. The molecule has 0 aliphatic rings. The summed E-state index contributed by atoms with van der Waals surface area (Å²) in [5.74, 6) is 0. The molecule has 1 radical (unpaired) electrons. The Morgan fingerprint density at radius 1 is 1.75 bits per heavy atom. The third kappa shape index (κ3) is 1.90. The highest BCUT2D eigenvalue weighted by atomic mass is 35.5. The van der Waals surface area contributed by atoms with Gasteiger partial charge in [0.15, 0.2) is 0 Å². The molecule has 0 amide bonds. The van der Waals surface area contributed by atoms with Gasteiger partial charge in [-0.3, -0.25) is 0 Å². The normalized spacial score (nSPS) is 9.25. The predicted molar refractivity (Wildman–Crippen MR) is 19.3 cm³/mol. The molecular weight excluding hydrogens is 71.5 g/mol. The molecule has 21 valence electrons. The van der Waals surface area contributed by atoms with Crippen LogP contribution in [0.25, 0.3) is 0 Å². The quantitative estimate of drug-likeness (QED) is 0.382. The van der Waals surface area contributed by atoms with Crippen molar-refractivity contribution in [2.75, 3.05) is 0 Å². The Labute approximate surface area is 31.1 Å². The molecule has 0 N–H and O–H groups in total. The minimum atomic E-state index is 1.25. The van der Waals surface area contributed by atoms with Gasteiger partial charge in [-0.15, -0.1) is 0 Å². The van der Waals surface area contributed by atoms with Crippen LogP contribution in [0.5, 0.6) is 0 Å². The van der Waals surface area contributed by atoms with Crippen molar-refractivity contribution < 1.29 is 0 Å². The molecule has 0 saturated heterocycles. The van der Waals surface area contributed by atoms with Crippen molar-refractivity contribution in [3.05, 3.63) is 18.5 Å². The predicted octanol–water partition coefficient (Wildman–Crippen LogP) is 1.45. The number of hydrogen-bond acceptors (Lipinski definition) is 0. The topological polar surface area (TPSA) is 0 Å². The summed E-state index contributed by atoms with van der Waals surface area (Å²) in [7, 11) is 0. The fraction of sp³-hybridized carbons (Fsp3) is 0. The van der Waals surface area contributed by atoms with Crippen LogP contribution in [0.2, 0.25) is 0 Å². The minimum Gasteiger partial charge on any atom is 0.0295 e. The third-order valence-electron chi connectivity index (χ3n) is 0.0727. The van der Waals surface area contributed by atoms with Crippen molar-refractivity contribution in [1.82, 2.24) is 0 Å². The van der Waals surface area contributed by atoms with Crippen LogP contribution in [0.1, 0.15) is 0 Å². The second-order valence-electron chi connectivity index (χ2n) is 0.318. The van der Waals surface area contributed by atoms with Crippen LogP contribution in [0.4, 0.5) is 0 Å². The van der Waals surface area contributed by atoms with E-state index in [1.165, 1.54) is 11.6 Å². The van der Waals surface area contributed by atoms with E-state index in [-0.39, 0.29) is 0 Å². The molecule has 0 aromatic carbocycles. The first-order valence-corrected chi connectivity index (χ1v) is 1.32. The largest absolute Gasteiger partial charge is 0.149 e. The molecule has 4 heavy (non-hydrogen) atoms. The summed E-state index contributed by atoms with van der Waals surface area (Å²) in [4.78, 5) is 0. The van der Waals surface area contributed by atoms with Crippen molar-refractivity contribution in [1.29, 1.82) is 0 Å². The zero-order valence-corrected chi connectivity index (χ0v) is 2.87. The zero-order valence-electron chi connectivity index (χ0n) is 2.11. The van der Waals surface area contributed by atoms with E-state index >= 15 is 0 Å². The first-order chi connectivity index (χ1) is 1.91. The second kappa shape index (κ2) is 2.90. The Hall–Kier alpha value is -0.100. The molecule has 0 aliphatic heterocycles. The molecule has 0 aromatic rings. The van der Waals surface area contributed by atoms with E-state index < -0.39 is 0 Å². The van der Waals surface area contributed by atoms with Crippen molar-refractivity contribution in [3.63, 3.8) is 0 Å². The van der Waals surface area contributed by atoms with Gasteiger partial charge in [0.1, 0.15) is 18.5 Å². The lowest BCUT2D eigenvalue weighted by Crippen LogP contribution is -1.21. The Bertz CT molecular complexity index is 18.5. The van der Waals surface area contributed by atoms with Crippen molar-refractivity contribution in [3.8, 4) is 0 Å². The van der Waals surface area contributed by atoms with Gasteiger partial charge in [-0.25, -0.2) is 0 Å². The number of rotatable bonds is 0. The summed E-state index contributed by atoms with van der Waals surface area (Å²) in [5, 5.41) is 0. The van der Waals surface area contributed by atoms with Crippen molar-refractivity contribution >= 4 is 11.6 Å². The lowest BCUT2D eigenvalue weighted by Gasteiger charge is -1.29. The molecule has 0 aromatic heterocycles. The molecule has 0 saturated carbocycles. The lowest BCUT2D eigenvalue weighted by molar-refractivity contribution is 2.15. The summed E-state index contributed by atoms with van der Waals surface area (Å²) < 4.78 is 0. The molecule has 0 unspecified atom stereocenters. The molecule has 0 fully saturated rings. The van der Waals surface area contributed by atoms with Gasteiger partial charge in [-0.2, -0.15) is 0 Å². The molecule has 0 atom stereocenters. The molecule has 0 spiro atoms. The van der Waals surface area contributed by atoms with E-state index in [0.29, 0.717) is 0 Å². The lowest BCUT2D eigenvalue weighted by atomic mass is 10.8. The SMILES string of the molecule is [CH+]/C=C/Cl. The first-order valence-electron chi connectivity index (χ1n) is 0.885. The first kappa shape index (κ1) is 3.90. The summed E-state index contributed by atoms with van der Waals surface area (Å²) in [6.45, 7) is 4.72. The van der Waals surface area contributed by atoms with Crippen LogP contribution < -0.4 is 0 Å². The molecule has 0 rings (SSSR count). The summed E-state index contributed by atoms with van der Waals surface area (Å²) in [6.07, 6.45) is 1.27. The van der Waals surface area contributed by atoms with Gasteiger partial charge < -0.3 is 0 Å². The van der Waals surface area contributed by atoms with E-state index in [9.17, 15) is 0 Å². The van der Waals surface area contributed by atoms with Gasteiger partial charge in [0.25, 0.3) is 0 Å². The fourth-order valence-corrected chi connectivity index (χ4v) is 0. The Kier molecular flexibility index (Phi) is 2.83. The van der Waals surface area contributed by atoms with Gasteiger partial charge in [0.05, 0.1) is 0 Å². The molecule has 0 bridgehead atoms. The summed E-state index contributed by atoms with van der Waals surface area (Å²) in [6, 6.07) is 0. The average molecular weight is 74.5 g/mol. The maximum absolute atomic E-state index is 4.88. The number of hydrogen-bond donors (Lipinski definition) is 0. The zero-order chi connectivity index (χ0) is 3.41. The van der Waals surface area contributed by atoms with E-state index in [1.807, 2.05) is 0 Å². The van der Waals surface area contributed by atoms with Crippen LogP contribution >= 0.6 is 11.6 Å². The van der Waals surface area contributed by atoms with Crippen LogP contribution in [-0.2, 0) is 0 Å². The smallest absolute Gasteiger partial charge is 0.0295 e.